The summed E-state index contributed by atoms with van der Waals surface area (Å²) in [5.41, 5.74) is -2.02. The second kappa shape index (κ2) is 4.97. The maximum Gasteiger partial charge on any atom is 0.350 e. The largest absolute Gasteiger partial charge is 0.377 e. The second-order valence-electron chi connectivity index (χ2n) is 3.46. The van der Waals surface area contributed by atoms with E-state index in [-0.39, 0.29) is 6.54 Å². The molecule has 0 bridgehead atoms. The second-order valence-corrected chi connectivity index (χ2v) is 4.21. The van der Waals surface area contributed by atoms with Gasteiger partial charge in [-0.05, 0) is 0 Å². The van der Waals surface area contributed by atoms with Crippen molar-refractivity contribution in [3.63, 3.8) is 0 Å². The quantitative estimate of drug-likeness (QED) is 0.564. The normalized spacial score (nSPS) is 10.4. The zero-order valence-corrected chi connectivity index (χ0v) is 10.4. The minimum atomic E-state index is -1.03. The van der Waals surface area contributed by atoms with Crippen molar-refractivity contribution in [2.75, 3.05) is 12.4 Å². The minimum absolute atomic E-state index is 0.0247. The van der Waals surface area contributed by atoms with Crippen LogP contribution in [-0.4, -0.2) is 31.1 Å². The van der Waals surface area contributed by atoms with Gasteiger partial charge < -0.3 is 5.32 Å². The van der Waals surface area contributed by atoms with Gasteiger partial charge in [-0.2, -0.15) is 0 Å². The van der Waals surface area contributed by atoms with Crippen molar-refractivity contribution in [3.05, 3.63) is 42.8 Å². The predicted molar refractivity (Wildman–Crippen MR) is 66.5 cm³/mol. The Hall–Kier alpha value is -2.56. The molecule has 0 saturated heterocycles. The molecule has 0 saturated carbocycles. The van der Waals surface area contributed by atoms with Crippen LogP contribution in [0.5, 0.6) is 0 Å². The number of hydrogen-bond acceptors (Lipinski definition) is 8. The van der Waals surface area contributed by atoms with Crippen molar-refractivity contribution in [1.82, 2.24) is 19.1 Å². The first-order chi connectivity index (χ1) is 9.02. The van der Waals surface area contributed by atoms with Crippen LogP contribution < -0.4 is 16.6 Å². The van der Waals surface area contributed by atoms with Crippen molar-refractivity contribution >= 4 is 22.2 Å². The van der Waals surface area contributed by atoms with E-state index in [9.17, 15) is 19.7 Å². The van der Waals surface area contributed by atoms with E-state index in [2.05, 4.69) is 14.9 Å². The van der Waals surface area contributed by atoms with Gasteiger partial charge in [0, 0.05) is 18.6 Å². The Labute approximate surface area is 109 Å². The highest BCUT2D eigenvalue weighted by Crippen LogP contribution is 2.17. The minimum Gasteiger partial charge on any atom is -0.377 e. The molecule has 0 aliphatic carbocycles. The molecule has 2 rings (SSSR count). The molecule has 2 aromatic rings. The van der Waals surface area contributed by atoms with Crippen LogP contribution >= 0.6 is 11.5 Å². The molecule has 10 nitrogen and oxygen atoms in total. The topological polar surface area (TPSA) is 136 Å². The lowest BCUT2D eigenvalue weighted by molar-refractivity contribution is -0.386. The Morgan fingerprint density at radius 3 is 2.95 bits per heavy atom. The first-order valence-electron chi connectivity index (χ1n) is 5.00. The summed E-state index contributed by atoms with van der Waals surface area (Å²) in [5, 5.41) is 17.9. The number of nitro groups is 1. The fraction of sp³-hybridized carbons (Fsp3) is 0.250. The summed E-state index contributed by atoms with van der Waals surface area (Å²) in [6, 6.07) is 0. The van der Waals surface area contributed by atoms with E-state index >= 15 is 0 Å². The summed E-state index contributed by atoms with van der Waals surface area (Å²) in [5.74, 6) is 0. The monoisotopic (exact) mass is 284 g/mol. The molecule has 100 valence electrons. The van der Waals surface area contributed by atoms with Gasteiger partial charge in [0.15, 0.2) is 0 Å². The zero-order valence-electron chi connectivity index (χ0n) is 9.61. The van der Waals surface area contributed by atoms with Crippen molar-refractivity contribution in [2.24, 2.45) is 0 Å². The van der Waals surface area contributed by atoms with Crippen LogP contribution in [-0.2, 0) is 6.54 Å². The molecular weight excluding hydrogens is 276 g/mol. The molecule has 11 heteroatoms. The third kappa shape index (κ3) is 2.49. The highest BCUT2D eigenvalue weighted by Gasteiger charge is 2.16. The van der Waals surface area contributed by atoms with E-state index in [0.29, 0.717) is 10.7 Å². The summed E-state index contributed by atoms with van der Waals surface area (Å²) in [6.45, 7) is -0.0247. The van der Waals surface area contributed by atoms with Gasteiger partial charge in [-0.15, -0.1) is 5.10 Å². The molecule has 0 fully saturated rings. The first kappa shape index (κ1) is 12.9. The summed E-state index contributed by atoms with van der Waals surface area (Å²) >= 11 is 1.09. The van der Waals surface area contributed by atoms with Crippen LogP contribution in [0.4, 0.5) is 10.7 Å². The number of aromatic amines is 1. The van der Waals surface area contributed by atoms with Crippen molar-refractivity contribution in [2.45, 2.75) is 6.54 Å². The van der Waals surface area contributed by atoms with Gasteiger partial charge in [0.05, 0.1) is 17.7 Å². The Morgan fingerprint density at radius 2 is 2.32 bits per heavy atom. The van der Waals surface area contributed by atoms with E-state index in [1.807, 2.05) is 4.98 Å². The zero-order chi connectivity index (χ0) is 14.0. The fourth-order valence-corrected chi connectivity index (χ4v) is 1.93. The molecular formula is C8H8N6O4S. The maximum absolute atomic E-state index is 11.6. The summed E-state index contributed by atoms with van der Waals surface area (Å²) in [6.07, 6.45) is 0.889. The van der Waals surface area contributed by atoms with Crippen LogP contribution in [0.3, 0.4) is 0 Å². The van der Waals surface area contributed by atoms with E-state index in [1.165, 1.54) is 0 Å². The number of H-pyrrole nitrogens is 1. The van der Waals surface area contributed by atoms with Crippen LogP contribution in [0.2, 0.25) is 0 Å². The van der Waals surface area contributed by atoms with Crippen LogP contribution in [0, 0.1) is 10.1 Å². The van der Waals surface area contributed by atoms with Gasteiger partial charge in [-0.1, -0.05) is 4.49 Å². The lowest BCUT2D eigenvalue weighted by atomic mass is 10.4. The van der Waals surface area contributed by atoms with Gasteiger partial charge in [-0.3, -0.25) is 24.5 Å². The molecule has 2 N–H and O–H groups in total. The first-order valence-corrected chi connectivity index (χ1v) is 5.77. The predicted octanol–water partition coefficient (Wildman–Crippen LogP) is -0.614. The molecule has 0 aromatic carbocycles. The lowest BCUT2D eigenvalue weighted by Crippen LogP contribution is -2.31. The Balaban J connectivity index is 2.46. The molecule has 0 atom stereocenters. The van der Waals surface area contributed by atoms with Crippen molar-refractivity contribution in [3.8, 4) is 0 Å². The highest BCUT2D eigenvalue weighted by molar-refractivity contribution is 7.10. The van der Waals surface area contributed by atoms with E-state index in [0.717, 1.165) is 22.3 Å². The number of nitrogens with zero attached hydrogens (tertiary/aromatic N) is 4. The smallest absolute Gasteiger partial charge is 0.350 e. The van der Waals surface area contributed by atoms with Crippen LogP contribution in [0.15, 0.2) is 15.8 Å². The van der Waals surface area contributed by atoms with Crippen molar-refractivity contribution in [1.29, 1.82) is 0 Å². The molecule has 0 spiro atoms. The summed E-state index contributed by atoms with van der Waals surface area (Å²) in [4.78, 5) is 34.4. The molecule has 2 aromatic heterocycles. The number of rotatable bonds is 4. The molecule has 0 amide bonds. The molecule has 0 unspecified atom stereocenters. The number of nitrogens with one attached hydrogen (secondary N) is 2. The third-order valence-electron chi connectivity index (χ3n) is 2.29. The van der Waals surface area contributed by atoms with Gasteiger partial charge in [0.1, 0.15) is 10.7 Å². The van der Waals surface area contributed by atoms with E-state index < -0.39 is 21.9 Å². The van der Waals surface area contributed by atoms with Gasteiger partial charge in [0.2, 0.25) is 0 Å². The number of anilines is 1. The van der Waals surface area contributed by atoms with E-state index in [4.69, 9.17) is 0 Å². The molecule has 0 radical (unpaired) electrons. The number of aromatic nitrogens is 4. The average molecular weight is 284 g/mol. The van der Waals surface area contributed by atoms with Crippen LogP contribution in [0.1, 0.15) is 5.69 Å². The maximum atomic E-state index is 11.6. The fourth-order valence-electron chi connectivity index (χ4n) is 1.41. The Bertz CT molecular complexity index is 731. The molecule has 0 aliphatic rings. The van der Waals surface area contributed by atoms with Gasteiger partial charge >= 0.3 is 16.9 Å². The highest BCUT2D eigenvalue weighted by atomic mass is 32.1. The number of hydrogen-bond donors (Lipinski definition) is 2. The van der Waals surface area contributed by atoms with E-state index in [1.54, 1.807) is 7.05 Å². The Morgan fingerprint density at radius 1 is 1.58 bits per heavy atom. The lowest BCUT2D eigenvalue weighted by Gasteiger charge is -2.03. The molecule has 0 aliphatic heterocycles. The summed E-state index contributed by atoms with van der Waals surface area (Å²) < 4.78 is 4.70. The van der Waals surface area contributed by atoms with Gasteiger partial charge in [-0.25, -0.2) is 4.79 Å². The molecule has 2 heterocycles. The molecule has 19 heavy (non-hydrogen) atoms. The Kier molecular flexibility index (Phi) is 3.37. The SMILES string of the molecule is CNc1snnc1Cn1cc([N+](=O)[O-])c(=O)[nH]c1=O. The average Bonchev–Trinajstić information content (AvgIpc) is 2.79. The van der Waals surface area contributed by atoms with Crippen LogP contribution in [0.25, 0.3) is 0 Å². The summed E-state index contributed by atoms with van der Waals surface area (Å²) in [7, 11) is 1.66. The van der Waals surface area contributed by atoms with Gasteiger partial charge in [0.25, 0.3) is 0 Å². The standard InChI is InChI=1S/C8H8N6O4S/c1-9-7-4(11-12-19-7)2-13-3-5(14(17)18)6(15)10-8(13)16/h3,9H,2H2,1H3,(H,10,15,16). The van der Waals surface area contributed by atoms with Crippen molar-refractivity contribution < 1.29 is 4.92 Å². The third-order valence-corrected chi connectivity index (χ3v) is 3.08.